The van der Waals surface area contributed by atoms with Gasteiger partial charge in [-0.2, -0.15) is 0 Å². The Morgan fingerprint density at radius 1 is 1.15 bits per heavy atom. The number of carbonyl (C=O) groups is 3. The third-order valence-corrected chi connectivity index (χ3v) is 4.58. The lowest BCUT2D eigenvalue weighted by Gasteiger charge is -2.08. The molecule has 0 saturated heterocycles. The molecule has 2 rings (SSSR count). The van der Waals surface area contributed by atoms with Crippen molar-refractivity contribution in [1.29, 1.82) is 0 Å². The summed E-state index contributed by atoms with van der Waals surface area (Å²) in [5.41, 5.74) is 0. The van der Waals surface area contributed by atoms with Gasteiger partial charge in [-0.3, -0.25) is 14.9 Å². The van der Waals surface area contributed by atoms with Crippen molar-refractivity contribution >= 4 is 45.2 Å². The van der Waals surface area contributed by atoms with Crippen LogP contribution < -0.4 is 15.4 Å². The topological polar surface area (TPSA) is 93.7 Å². The van der Waals surface area contributed by atoms with Crippen molar-refractivity contribution in [3.05, 3.63) is 51.1 Å². The number of urea groups is 1. The number of halogens is 1. The molecule has 7 nitrogen and oxygen atoms in total. The number of imide groups is 1. The van der Waals surface area contributed by atoms with Crippen LogP contribution in [0.5, 0.6) is 5.75 Å². The summed E-state index contributed by atoms with van der Waals surface area (Å²) in [7, 11) is 0. The van der Waals surface area contributed by atoms with Crippen LogP contribution in [-0.4, -0.2) is 31.1 Å². The molecule has 2 aromatic rings. The van der Waals surface area contributed by atoms with Crippen LogP contribution in [0.3, 0.4) is 0 Å². The fraction of sp³-hybridized carbons (Fsp3) is 0.278. The Bertz CT molecular complexity index is 767. The molecule has 0 spiro atoms. The summed E-state index contributed by atoms with van der Waals surface area (Å²) >= 11 is 4.84. The molecule has 27 heavy (non-hydrogen) atoms. The van der Waals surface area contributed by atoms with E-state index >= 15 is 0 Å². The fourth-order valence-corrected chi connectivity index (χ4v) is 2.99. The number of carbonyl (C=O) groups excluding carboxylic acids is 3. The van der Waals surface area contributed by atoms with Gasteiger partial charge in [0.25, 0.3) is 5.91 Å². The maximum absolute atomic E-state index is 11.6. The molecule has 0 atom stereocenters. The molecule has 0 unspecified atom stereocenters. The van der Waals surface area contributed by atoms with E-state index in [1.807, 2.05) is 41.8 Å². The van der Waals surface area contributed by atoms with Crippen LogP contribution in [0.25, 0.3) is 0 Å². The number of esters is 1. The van der Waals surface area contributed by atoms with E-state index in [0.29, 0.717) is 25.3 Å². The van der Waals surface area contributed by atoms with Crippen molar-refractivity contribution in [3.8, 4) is 5.75 Å². The number of ether oxygens (including phenoxy) is 2. The SMILES string of the molecule is O=C(COC(=O)CCCOc1cccc(Br)c1)NC(=O)NCc1cccs1. The molecule has 3 amide bonds. The van der Waals surface area contributed by atoms with Gasteiger partial charge in [0.05, 0.1) is 13.2 Å². The molecule has 0 aliphatic heterocycles. The number of thiophene rings is 1. The van der Waals surface area contributed by atoms with Crippen LogP contribution in [0.4, 0.5) is 4.79 Å². The van der Waals surface area contributed by atoms with Gasteiger partial charge in [0, 0.05) is 15.8 Å². The van der Waals surface area contributed by atoms with Crippen molar-refractivity contribution in [2.24, 2.45) is 0 Å². The Labute approximate surface area is 169 Å². The number of amides is 3. The molecular weight excluding hydrogens is 436 g/mol. The van der Waals surface area contributed by atoms with Crippen LogP contribution >= 0.6 is 27.3 Å². The first kappa shape index (κ1) is 20.9. The average molecular weight is 455 g/mol. The second kappa shape index (κ2) is 11.3. The first-order valence-electron chi connectivity index (χ1n) is 8.17. The second-order valence-electron chi connectivity index (χ2n) is 5.38. The molecule has 0 aliphatic rings. The lowest BCUT2D eigenvalue weighted by molar-refractivity contribution is -0.148. The molecular formula is C18H19BrN2O5S. The molecule has 0 aliphatic carbocycles. The monoisotopic (exact) mass is 454 g/mol. The lowest BCUT2D eigenvalue weighted by atomic mass is 10.3. The number of hydrogen-bond donors (Lipinski definition) is 2. The molecule has 0 radical (unpaired) electrons. The van der Waals surface area contributed by atoms with Gasteiger partial charge >= 0.3 is 12.0 Å². The van der Waals surface area contributed by atoms with Gasteiger partial charge in [-0.05, 0) is 36.1 Å². The van der Waals surface area contributed by atoms with E-state index < -0.39 is 24.5 Å². The van der Waals surface area contributed by atoms with E-state index in [0.717, 1.165) is 9.35 Å². The van der Waals surface area contributed by atoms with E-state index in [-0.39, 0.29) is 6.42 Å². The average Bonchev–Trinajstić information content (AvgIpc) is 3.15. The van der Waals surface area contributed by atoms with E-state index in [9.17, 15) is 14.4 Å². The van der Waals surface area contributed by atoms with Gasteiger partial charge in [0.2, 0.25) is 0 Å². The van der Waals surface area contributed by atoms with Crippen LogP contribution in [0, 0.1) is 0 Å². The highest BCUT2D eigenvalue weighted by molar-refractivity contribution is 9.10. The Kier molecular flexibility index (Phi) is 8.79. The highest BCUT2D eigenvalue weighted by Crippen LogP contribution is 2.17. The summed E-state index contributed by atoms with van der Waals surface area (Å²) in [6.45, 7) is 0.176. The van der Waals surface area contributed by atoms with Crippen LogP contribution in [-0.2, 0) is 20.9 Å². The standard InChI is InChI=1S/C18H19BrN2O5S/c19-13-4-1-5-14(10-13)25-8-2-7-17(23)26-12-16(22)21-18(24)20-11-15-6-3-9-27-15/h1,3-6,9-10H,2,7-8,11-12H2,(H2,20,21,22,24). The van der Waals surface area contributed by atoms with E-state index in [1.54, 1.807) is 0 Å². The molecule has 9 heteroatoms. The predicted octanol–water partition coefficient (Wildman–Crippen LogP) is 3.24. The Hall–Kier alpha value is -2.39. The number of benzene rings is 1. The van der Waals surface area contributed by atoms with Gasteiger partial charge in [0.15, 0.2) is 6.61 Å². The summed E-state index contributed by atoms with van der Waals surface area (Å²) in [5.74, 6) is -0.509. The summed E-state index contributed by atoms with van der Waals surface area (Å²) < 4.78 is 11.2. The van der Waals surface area contributed by atoms with Crippen LogP contribution in [0.2, 0.25) is 0 Å². The molecule has 1 aromatic carbocycles. The molecule has 1 heterocycles. The largest absolute Gasteiger partial charge is 0.494 e. The minimum atomic E-state index is -0.683. The smallest absolute Gasteiger partial charge is 0.321 e. The normalized spacial score (nSPS) is 10.1. The zero-order valence-electron chi connectivity index (χ0n) is 14.4. The minimum absolute atomic E-state index is 0.117. The minimum Gasteiger partial charge on any atom is -0.494 e. The van der Waals surface area contributed by atoms with Gasteiger partial charge < -0.3 is 14.8 Å². The maximum Gasteiger partial charge on any atom is 0.321 e. The Morgan fingerprint density at radius 3 is 2.74 bits per heavy atom. The van der Waals surface area contributed by atoms with Crippen molar-refractivity contribution < 1.29 is 23.9 Å². The van der Waals surface area contributed by atoms with Gasteiger partial charge in [-0.25, -0.2) is 4.79 Å². The van der Waals surface area contributed by atoms with Crippen molar-refractivity contribution in [2.45, 2.75) is 19.4 Å². The summed E-state index contributed by atoms with van der Waals surface area (Å²) in [6, 6.07) is 10.5. The third-order valence-electron chi connectivity index (χ3n) is 3.21. The van der Waals surface area contributed by atoms with Gasteiger partial charge in [0.1, 0.15) is 5.75 Å². The van der Waals surface area contributed by atoms with Crippen molar-refractivity contribution in [1.82, 2.24) is 10.6 Å². The molecule has 144 valence electrons. The van der Waals surface area contributed by atoms with Crippen molar-refractivity contribution in [3.63, 3.8) is 0 Å². The second-order valence-corrected chi connectivity index (χ2v) is 7.33. The summed E-state index contributed by atoms with van der Waals surface area (Å²) in [6.07, 6.45) is 0.570. The van der Waals surface area contributed by atoms with Gasteiger partial charge in [-0.15, -0.1) is 11.3 Å². The highest BCUT2D eigenvalue weighted by atomic mass is 79.9. The molecule has 0 fully saturated rings. The Morgan fingerprint density at radius 2 is 2.00 bits per heavy atom. The van der Waals surface area contributed by atoms with E-state index in [1.165, 1.54) is 11.3 Å². The van der Waals surface area contributed by atoms with Crippen molar-refractivity contribution in [2.75, 3.05) is 13.2 Å². The first-order valence-corrected chi connectivity index (χ1v) is 9.84. The number of hydrogen-bond acceptors (Lipinski definition) is 6. The van der Waals surface area contributed by atoms with E-state index in [4.69, 9.17) is 9.47 Å². The molecule has 0 bridgehead atoms. The number of rotatable bonds is 9. The van der Waals surface area contributed by atoms with Crippen LogP contribution in [0.1, 0.15) is 17.7 Å². The summed E-state index contributed by atoms with van der Waals surface area (Å²) in [5, 5.41) is 6.54. The fourth-order valence-electron chi connectivity index (χ4n) is 1.97. The summed E-state index contributed by atoms with van der Waals surface area (Å²) in [4.78, 5) is 35.7. The zero-order chi connectivity index (χ0) is 19.5. The quantitative estimate of drug-likeness (QED) is 0.447. The predicted molar refractivity (Wildman–Crippen MR) is 105 cm³/mol. The number of nitrogens with one attached hydrogen (secondary N) is 2. The first-order chi connectivity index (χ1) is 13.0. The van der Waals surface area contributed by atoms with Crippen LogP contribution in [0.15, 0.2) is 46.3 Å². The van der Waals surface area contributed by atoms with E-state index in [2.05, 4.69) is 26.6 Å². The third kappa shape index (κ3) is 8.69. The zero-order valence-corrected chi connectivity index (χ0v) is 16.8. The van der Waals surface area contributed by atoms with Gasteiger partial charge in [-0.1, -0.05) is 28.1 Å². The maximum atomic E-state index is 11.6. The molecule has 0 saturated carbocycles. The highest BCUT2D eigenvalue weighted by Gasteiger charge is 2.11. The Balaban J connectivity index is 1.53. The lowest BCUT2D eigenvalue weighted by Crippen LogP contribution is -2.41. The molecule has 2 N–H and O–H groups in total. The molecule has 1 aromatic heterocycles.